The number of ketones is 2. The summed E-state index contributed by atoms with van der Waals surface area (Å²) in [6.07, 6.45) is 0.902. The van der Waals surface area contributed by atoms with Gasteiger partial charge >= 0.3 is 0 Å². The average Bonchev–Trinajstić information content (AvgIpc) is 2.65. The lowest BCUT2D eigenvalue weighted by atomic mass is 9.86. The van der Waals surface area contributed by atoms with Crippen molar-refractivity contribution in [3.63, 3.8) is 0 Å². The summed E-state index contributed by atoms with van der Waals surface area (Å²) in [6, 6.07) is 3.65. The fourth-order valence-electron chi connectivity index (χ4n) is 2.02. The zero-order valence-electron chi connectivity index (χ0n) is 9.19. The molecule has 0 N–H and O–H groups in total. The molecule has 16 heavy (non-hydrogen) atoms. The van der Waals surface area contributed by atoms with Gasteiger partial charge < -0.3 is 9.15 Å². The largest absolute Gasteiger partial charge is 0.463 e. The normalized spacial score (nSPS) is 18.1. The number of methoxy groups -OCH3 is 1. The summed E-state index contributed by atoms with van der Waals surface area (Å²) >= 11 is 0. The Morgan fingerprint density at radius 1 is 1.31 bits per heavy atom. The van der Waals surface area contributed by atoms with Crippen LogP contribution in [0.4, 0.5) is 0 Å². The van der Waals surface area contributed by atoms with E-state index in [0.29, 0.717) is 25.2 Å². The van der Waals surface area contributed by atoms with Crippen molar-refractivity contribution in [2.75, 3.05) is 7.11 Å². The zero-order valence-corrected chi connectivity index (χ0v) is 9.19. The van der Waals surface area contributed by atoms with Crippen LogP contribution in [-0.2, 0) is 20.9 Å². The molecule has 86 valence electrons. The number of hydrogen-bond acceptors (Lipinski definition) is 4. The van der Waals surface area contributed by atoms with E-state index in [4.69, 9.17) is 9.15 Å². The fraction of sp³-hybridized carbons (Fsp3) is 0.500. The first-order chi connectivity index (χ1) is 7.69. The summed E-state index contributed by atoms with van der Waals surface area (Å²) in [5, 5.41) is 0. The molecule has 0 amide bonds. The van der Waals surface area contributed by atoms with Crippen LogP contribution < -0.4 is 0 Å². The van der Waals surface area contributed by atoms with E-state index >= 15 is 0 Å². The maximum absolute atomic E-state index is 11.3. The van der Waals surface area contributed by atoms with E-state index in [0.717, 1.165) is 5.76 Å². The Balaban J connectivity index is 2.10. The van der Waals surface area contributed by atoms with Crippen molar-refractivity contribution < 1.29 is 18.7 Å². The van der Waals surface area contributed by atoms with Crippen LogP contribution in [0.3, 0.4) is 0 Å². The molecule has 4 heteroatoms. The lowest BCUT2D eigenvalue weighted by molar-refractivity contribution is -0.130. The third-order valence-electron chi connectivity index (χ3n) is 2.71. The van der Waals surface area contributed by atoms with Crippen molar-refractivity contribution >= 4 is 11.6 Å². The third-order valence-corrected chi connectivity index (χ3v) is 2.71. The highest BCUT2D eigenvalue weighted by Gasteiger charge is 2.28. The van der Waals surface area contributed by atoms with Crippen LogP contribution in [0, 0.1) is 0 Å². The van der Waals surface area contributed by atoms with Crippen molar-refractivity contribution in [2.45, 2.75) is 31.8 Å². The van der Waals surface area contributed by atoms with Gasteiger partial charge in [-0.05, 0) is 12.1 Å². The lowest BCUT2D eigenvalue weighted by Crippen LogP contribution is -2.20. The van der Waals surface area contributed by atoms with Crippen molar-refractivity contribution in [2.24, 2.45) is 0 Å². The monoisotopic (exact) mass is 222 g/mol. The molecular weight excluding hydrogens is 208 g/mol. The molecule has 1 heterocycles. The molecule has 0 spiro atoms. The SMILES string of the molecule is COCc1ccc(C2CC(=O)CC(=O)C2)o1. The van der Waals surface area contributed by atoms with Gasteiger partial charge in [-0.2, -0.15) is 0 Å². The van der Waals surface area contributed by atoms with Gasteiger partial charge in [-0.25, -0.2) is 0 Å². The highest BCUT2D eigenvalue weighted by Crippen LogP contribution is 2.30. The molecule has 0 aromatic carbocycles. The molecule has 0 aliphatic heterocycles. The lowest BCUT2D eigenvalue weighted by Gasteiger charge is -2.17. The van der Waals surface area contributed by atoms with Crippen molar-refractivity contribution in [3.8, 4) is 0 Å². The van der Waals surface area contributed by atoms with Crippen molar-refractivity contribution in [3.05, 3.63) is 23.7 Å². The van der Waals surface area contributed by atoms with E-state index in [2.05, 4.69) is 0 Å². The first-order valence-electron chi connectivity index (χ1n) is 5.30. The number of carbonyl (C=O) groups excluding carboxylic acids is 2. The second-order valence-corrected chi connectivity index (χ2v) is 4.10. The fourth-order valence-corrected chi connectivity index (χ4v) is 2.02. The minimum absolute atomic E-state index is 0.00550. The first kappa shape index (κ1) is 11.1. The molecule has 1 saturated carbocycles. The predicted molar refractivity (Wildman–Crippen MR) is 56.0 cm³/mol. The summed E-state index contributed by atoms with van der Waals surface area (Å²) < 4.78 is 10.5. The molecular formula is C12H14O4. The highest BCUT2D eigenvalue weighted by atomic mass is 16.5. The standard InChI is InChI=1S/C12H14O4/c1-15-7-11-2-3-12(16-11)8-4-9(13)6-10(14)5-8/h2-3,8H,4-7H2,1H3. The average molecular weight is 222 g/mol. The maximum Gasteiger partial charge on any atom is 0.140 e. The van der Waals surface area contributed by atoms with Gasteiger partial charge in [-0.15, -0.1) is 0 Å². The molecule has 1 aromatic heterocycles. The molecule has 1 fully saturated rings. The molecule has 4 nitrogen and oxygen atoms in total. The van der Waals surface area contributed by atoms with Crippen LogP contribution in [0.15, 0.2) is 16.5 Å². The van der Waals surface area contributed by atoms with E-state index in [-0.39, 0.29) is 23.9 Å². The van der Waals surface area contributed by atoms with Gasteiger partial charge in [0.05, 0.1) is 6.42 Å². The first-order valence-corrected chi connectivity index (χ1v) is 5.30. The number of Topliss-reactive ketones (excluding diaryl/α,β-unsaturated/α-hetero) is 2. The Morgan fingerprint density at radius 2 is 2.00 bits per heavy atom. The second kappa shape index (κ2) is 4.61. The Labute approximate surface area is 93.6 Å². The Morgan fingerprint density at radius 3 is 2.62 bits per heavy atom. The van der Waals surface area contributed by atoms with Crippen molar-refractivity contribution in [1.29, 1.82) is 0 Å². The van der Waals surface area contributed by atoms with Crippen LogP contribution in [0.2, 0.25) is 0 Å². The maximum atomic E-state index is 11.3. The van der Waals surface area contributed by atoms with Crippen molar-refractivity contribution in [1.82, 2.24) is 0 Å². The molecule has 0 bridgehead atoms. The molecule has 0 unspecified atom stereocenters. The number of carbonyl (C=O) groups is 2. The summed E-state index contributed by atoms with van der Waals surface area (Å²) in [5.74, 6) is 1.37. The summed E-state index contributed by atoms with van der Waals surface area (Å²) in [7, 11) is 1.59. The predicted octanol–water partition coefficient (Wildman–Crippen LogP) is 1.83. The topological polar surface area (TPSA) is 56.5 Å². The van der Waals surface area contributed by atoms with Gasteiger partial charge in [0.2, 0.25) is 0 Å². The van der Waals surface area contributed by atoms with Gasteiger partial charge in [0, 0.05) is 25.9 Å². The van der Waals surface area contributed by atoms with Crippen LogP contribution in [0.1, 0.15) is 36.7 Å². The van der Waals surface area contributed by atoms with Gasteiger partial charge in [0.1, 0.15) is 29.7 Å². The summed E-state index contributed by atoms with van der Waals surface area (Å²) in [4.78, 5) is 22.6. The Bertz CT molecular complexity index is 389. The van der Waals surface area contributed by atoms with E-state index in [1.54, 1.807) is 7.11 Å². The van der Waals surface area contributed by atoms with Gasteiger partial charge in [-0.3, -0.25) is 9.59 Å². The van der Waals surface area contributed by atoms with Gasteiger partial charge in [0.25, 0.3) is 0 Å². The minimum atomic E-state index is -0.0839. The molecule has 1 aliphatic carbocycles. The third kappa shape index (κ3) is 2.39. The Kier molecular flexibility index (Phi) is 3.19. The van der Waals surface area contributed by atoms with Crippen LogP contribution in [-0.4, -0.2) is 18.7 Å². The summed E-state index contributed by atoms with van der Waals surface area (Å²) in [6.45, 7) is 0.411. The molecule has 2 rings (SSSR count). The highest BCUT2D eigenvalue weighted by molar-refractivity contribution is 6.02. The van der Waals surface area contributed by atoms with Gasteiger partial charge in [-0.1, -0.05) is 0 Å². The van der Waals surface area contributed by atoms with E-state index in [1.807, 2.05) is 12.1 Å². The van der Waals surface area contributed by atoms with E-state index in [9.17, 15) is 9.59 Å². The number of hydrogen-bond donors (Lipinski definition) is 0. The molecule has 0 saturated heterocycles. The molecule has 1 aromatic rings. The molecule has 0 radical (unpaired) electrons. The zero-order chi connectivity index (χ0) is 11.5. The van der Waals surface area contributed by atoms with Crippen LogP contribution in [0.5, 0.6) is 0 Å². The molecule has 0 atom stereocenters. The summed E-state index contributed by atoms with van der Waals surface area (Å²) in [5.41, 5.74) is 0. The van der Waals surface area contributed by atoms with Crippen LogP contribution >= 0.6 is 0 Å². The second-order valence-electron chi connectivity index (χ2n) is 4.10. The molecule has 1 aliphatic rings. The van der Waals surface area contributed by atoms with Gasteiger partial charge in [0.15, 0.2) is 0 Å². The van der Waals surface area contributed by atoms with E-state index < -0.39 is 0 Å². The van der Waals surface area contributed by atoms with Crippen LogP contribution in [0.25, 0.3) is 0 Å². The number of ether oxygens (including phenoxy) is 1. The number of furan rings is 1. The number of rotatable bonds is 3. The minimum Gasteiger partial charge on any atom is -0.463 e. The smallest absolute Gasteiger partial charge is 0.140 e. The quantitative estimate of drug-likeness (QED) is 0.732. The van der Waals surface area contributed by atoms with E-state index in [1.165, 1.54) is 0 Å². The Hall–Kier alpha value is -1.42.